The highest BCUT2D eigenvalue weighted by Gasteiger charge is 2.14. The molecule has 0 N–H and O–H groups in total. The summed E-state index contributed by atoms with van der Waals surface area (Å²) in [6.45, 7) is 0.790. The van der Waals surface area contributed by atoms with E-state index in [1.807, 2.05) is 48.5 Å². The van der Waals surface area contributed by atoms with E-state index in [0.29, 0.717) is 18.8 Å². The van der Waals surface area contributed by atoms with Gasteiger partial charge in [0.1, 0.15) is 17.2 Å². The highest BCUT2D eigenvalue weighted by molar-refractivity contribution is 5.69. The van der Waals surface area contributed by atoms with Crippen molar-refractivity contribution in [2.45, 2.75) is 44.9 Å². The molecule has 1 aliphatic carbocycles. The van der Waals surface area contributed by atoms with Crippen molar-refractivity contribution in [1.29, 1.82) is 0 Å². The van der Waals surface area contributed by atoms with Crippen LogP contribution in [-0.2, 0) is 16.0 Å². The molecule has 0 saturated heterocycles. The van der Waals surface area contributed by atoms with Gasteiger partial charge in [0.2, 0.25) is 0 Å². The lowest BCUT2D eigenvalue weighted by Gasteiger charge is -2.21. The maximum atomic E-state index is 11.2. The normalized spacial score (nSPS) is 14.6. The molecule has 4 heteroatoms. The van der Waals surface area contributed by atoms with Crippen molar-refractivity contribution in [2.75, 3.05) is 13.7 Å². The summed E-state index contributed by atoms with van der Waals surface area (Å²) in [6.07, 6.45) is 7.62. The number of carbonyl (C=O) groups excluding carboxylic acids is 1. The van der Waals surface area contributed by atoms with E-state index in [9.17, 15) is 4.79 Å². The number of rotatable bonds is 8. The third-order valence-electron chi connectivity index (χ3n) is 5.02. The molecular formula is C23H28O4. The van der Waals surface area contributed by atoms with E-state index in [1.165, 1.54) is 39.2 Å². The topological polar surface area (TPSA) is 44.8 Å². The molecule has 0 amide bonds. The molecule has 4 nitrogen and oxygen atoms in total. The fraction of sp³-hybridized carbons (Fsp3) is 0.435. The van der Waals surface area contributed by atoms with Crippen LogP contribution < -0.4 is 9.47 Å². The summed E-state index contributed by atoms with van der Waals surface area (Å²) in [7, 11) is 1.41. The summed E-state index contributed by atoms with van der Waals surface area (Å²) < 4.78 is 16.6. The van der Waals surface area contributed by atoms with Gasteiger partial charge >= 0.3 is 5.97 Å². The maximum absolute atomic E-state index is 11.2. The Labute approximate surface area is 161 Å². The van der Waals surface area contributed by atoms with Gasteiger partial charge in [-0.1, -0.05) is 37.5 Å². The minimum atomic E-state index is -0.194. The van der Waals surface area contributed by atoms with E-state index in [-0.39, 0.29) is 5.97 Å². The van der Waals surface area contributed by atoms with Crippen LogP contribution >= 0.6 is 0 Å². The second-order valence-electron chi connectivity index (χ2n) is 7.11. The van der Waals surface area contributed by atoms with Gasteiger partial charge in [0.15, 0.2) is 0 Å². The standard InChI is InChI=1S/C23H28O4/c1-25-23(24)15-12-18-10-13-20(14-11-18)27-22-9-5-8-21(16-22)26-17-19-6-3-2-4-7-19/h5,8-11,13-14,16,19H,2-4,6-7,12,15,17H2,1H3. The zero-order chi connectivity index (χ0) is 18.9. The molecule has 0 bridgehead atoms. The van der Waals surface area contributed by atoms with Crippen LogP contribution in [0.15, 0.2) is 48.5 Å². The largest absolute Gasteiger partial charge is 0.493 e. The van der Waals surface area contributed by atoms with Crippen molar-refractivity contribution in [3.8, 4) is 17.2 Å². The number of methoxy groups -OCH3 is 1. The van der Waals surface area contributed by atoms with Crippen LogP contribution in [0.3, 0.4) is 0 Å². The number of esters is 1. The monoisotopic (exact) mass is 368 g/mol. The lowest BCUT2D eigenvalue weighted by molar-refractivity contribution is -0.140. The zero-order valence-electron chi connectivity index (χ0n) is 16.0. The maximum Gasteiger partial charge on any atom is 0.305 e. The van der Waals surface area contributed by atoms with Crippen LogP contribution in [0.4, 0.5) is 0 Å². The number of aryl methyl sites for hydroxylation is 1. The summed E-state index contributed by atoms with van der Waals surface area (Å²) in [4.78, 5) is 11.2. The fourth-order valence-electron chi connectivity index (χ4n) is 3.40. The Kier molecular flexibility index (Phi) is 7.14. The predicted molar refractivity (Wildman–Crippen MR) is 105 cm³/mol. The molecule has 3 rings (SSSR count). The van der Waals surface area contributed by atoms with Crippen LogP contribution in [0.1, 0.15) is 44.1 Å². The van der Waals surface area contributed by atoms with Crippen molar-refractivity contribution in [3.63, 3.8) is 0 Å². The summed E-state index contributed by atoms with van der Waals surface area (Å²) in [5, 5.41) is 0. The summed E-state index contributed by atoms with van der Waals surface area (Å²) in [6, 6.07) is 15.6. The first-order chi connectivity index (χ1) is 13.2. The van der Waals surface area contributed by atoms with Gasteiger partial charge in [-0.2, -0.15) is 0 Å². The molecule has 144 valence electrons. The van der Waals surface area contributed by atoms with Crippen LogP contribution in [0.5, 0.6) is 17.2 Å². The first-order valence-corrected chi connectivity index (χ1v) is 9.79. The molecule has 2 aromatic rings. The van der Waals surface area contributed by atoms with Gasteiger partial charge in [-0.15, -0.1) is 0 Å². The molecule has 0 heterocycles. The van der Waals surface area contributed by atoms with Gasteiger partial charge in [0.05, 0.1) is 13.7 Å². The minimum absolute atomic E-state index is 0.194. The van der Waals surface area contributed by atoms with E-state index in [2.05, 4.69) is 4.74 Å². The van der Waals surface area contributed by atoms with Gasteiger partial charge in [0.25, 0.3) is 0 Å². The quantitative estimate of drug-likeness (QED) is 0.574. The number of hydrogen-bond donors (Lipinski definition) is 0. The van der Waals surface area contributed by atoms with E-state index in [4.69, 9.17) is 9.47 Å². The Morgan fingerprint density at radius 3 is 2.44 bits per heavy atom. The van der Waals surface area contributed by atoms with E-state index in [1.54, 1.807) is 0 Å². The summed E-state index contributed by atoms with van der Waals surface area (Å²) in [5.41, 5.74) is 1.08. The van der Waals surface area contributed by atoms with E-state index < -0.39 is 0 Å². The smallest absolute Gasteiger partial charge is 0.305 e. The molecule has 0 spiro atoms. The van der Waals surface area contributed by atoms with Crippen molar-refractivity contribution in [3.05, 3.63) is 54.1 Å². The average molecular weight is 368 g/mol. The van der Waals surface area contributed by atoms with E-state index in [0.717, 1.165) is 29.4 Å². The van der Waals surface area contributed by atoms with Crippen LogP contribution in [0.2, 0.25) is 0 Å². The fourth-order valence-corrected chi connectivity index (χ4v) is 3.40. The Morgan fingerprint density at radius 1 is 0.963 bits per heavy atom. The average Bonchev–Trinajstić information content (AvgIpc) is 2.72. The predicted octanol–water partition coefficient (Wildman–Crippen LogP) is 5.54. The molecule has 1 aliphatic rings. The molecule has 1 fully saturated rings. The van der Waals surface area contributed by atoms with Gasteiger partial charge < -0.3 is 14.2 Å². The number of benzene rings is 2. The lowest BCUT2D eigenvalue weighted by atomic mass is 9.90. The zero-order valence-corrected chi connectivity index (χ0v) is 16.0. The second kappa shape index (κ2) is 10.0. The minimum Gasteiger partial charge on any atom is -0.493 e. The van der Waals surface area contributed by atoms with Crippen molar-refractivity contribution in [1.82, 2.24) is 0 Å². The molecule has 0 radical (unpaired) electrons. The van der Waals surface area contributed by atoms with Crippen LogP contribution in [-0.4, -0.2) is 19.7 Å². The Balaban J connectivity index is 1.51. The molecule has 2 aromatic carbocycles. The third-order valence-corrected chi connectivity index (χ3v) is 5.02. The van der Waals surface area contributed by atoms with Crippen molar-refractivity contribution < 1.29 is 19.0 Å². The first-order valence-electron chi connectivity index (χ1n) is 9.79. The number of carbonyl (C=O) groups is 1. The Morgan fingerprint density at radius 2 is 1.70 bits per heavy atom. The molecule has 0 aromatic heterocycles. The molecule has 0 atom stereocenters. The molecule has 0 unspecified atom stereocenters. The molecular weight excluding hydrogens is 340 g/mol. The molecule has 0 aliphatic heterocycles. The third kappa shape index (κ3) is 6.31. The molecule has 1 saturated carbocycles. The number of hydrogen-bond acceptors (Lipinski definition) is 4. The SMILES string of the molecule is COC(=O)CCc1ccc(Oc2cccc(OCC3CCCCC3)c2)cc1. The first kappa shape index (κ1) is 19.3. The van der Waals surface area contributed by atoms with Crippen LogP contribution in [0, 0.1) is 5.92 Å². The van der Waals surface area contributed by atoms with Gasteiger partial charge in [-0.05, 0) is 55.0 Å². The Bertz CT molecular complexity index is 717. The highest BCUT2D eigenvalue weighted by Crippen LogP contribution is 2.28. The van der Waals surface area contributed by atoms with E-state index >= 15 is 0 Å². The van der Waals surface area contributed by atoms with Gasteiger partial charge in [-0.3, -0.25) is 4.79 Å². The Hall–Kier alpha value is -2.49. The highest BCUT2D eigenvalue weighted by atomic mass is 16.5. The van der Waals surface area contributed by atoms with Gasteiger partial charge in [0, 0.05) is 12.5 Å². The summed E-state index contributed by atoms with van der Waals surface area (Å²) >= 11 is 0. The van der Waals surface area contributed by atoms with Crippen molar-refractivity contribution in [2.24, 2.45) is 5.92 Å². The number of ether oxygens (including phenoxy) is 3. The second-order valence-corrected chi connectivity index (χ2v) is 7.11. The van der Waals surface area contributed by atoms with Crippen molar-refractivity contribution >= 4 is 5.97 Å². The van der Waals surface area contributed by atoms with Gasteiger partial charge in [-0.25, -0.2) is 0 Å². The molecule has 27 heavy (non-hydrogen) atoms. The summed E-state index contributed by atoms with van der Waals surface area (Å²) in [5.74, 6) is 2.87. The lowest BCUT2D eigenvalue weighted by Crippen LogP contribution is -2.15. The van der Waals surface area contributed by atoms with Crippen LogP contribution in [0.25, 0.3) is 0 Å².